The van der Waals surface area contributed by atoms with Gasteiger partial charge in [-0.1, -0.05) is 12.1 Å². The Balaban J connectivity index is 1.40. The number of carbonyl (C=O) groups is 1. The fourth-order valence-corrected chi connectivity index (χ4v) is 3.12. The summed E-state index contributed by atoms with van der Waals surface area (Å²) in [6, 6.07) is 7.87. The molecule has 1 N–H and O–H groups in total. The lowest BCUT2D eigenvalue weighted by atomic mass is 9.76. The SMILES string of the molecule is O=C(Cn1nc2ccccc2n1)N[C@@H]1C[C@H]2OCC[C@@H]12. The van der Waals surface area contributed by atoms with Crippen LogP contribution in [0.3, 0.4) is 0 Å². The van der Waals surface area contributed by atoms with Gasteiger partial charge in [-0.2, -0.15) is 15.0 Å². The zero-order valence-corrected chi connectivity index (χ0v) is 11.0. The standard InChI is InChI=1S/C14H16N4O2/c19-14(15-12-7-13-9(12)5-6-20-13)8-18-16-10-3-1-2-4-11(10)17-18/h1-4,9,12-13H,5-8H2,(H,15,19)/t9-,12+,13+/m0/s1. The molecule has 3 atom stereocenters. The van der Waals surface area contributed by atoms with Gasteiger partial charge in [0.1, 0.15) is 17.6 Å². The van der Waals surface area contributed by atoms with Gasteiger partial charge in [0.15, 0.2) is 0 Å². The second-order valence-electron chi connectivity index (χ2n) is 5.49. The summed E-state index contributed by atoms with van der Waals surface area (Å²) in [6.07, 6.45) is 2.36. The predicted octanol–water partition coefficient (Wildman–Crippen LogP) is 0.725. The molecule has 2 aromatic rings. The van der Waals surface area contributed by atoms with Crippen LogP contribution in [-0.2, 0) is 16.1 Å². The number of hydrogen-bond acceptors (Lipinski definition) is 4. The van der Waals surface area contributed by atoms with Crippen LogP contribution in [0, 0.1) is 5.92 Å². The van der Waals surface area contributed by atoms with Crippen molar-refractivity contribution in [3.8, 4) is 0 Å². The van der Waals surface area contributed by atoms with Crippen molar-refractivity contribution in [2.45, 2.75) is 31.5 Å². The highest BCUT2D eigenvalue weighted by Crippen LogP contribution is 2.38. The van der Waals surface area contributed by atoms with Crippen LogP contribution in [-0.4, -0.2) is 39.7 Å². The quantitative estimate of drug-likeness (QED) is 0.894. The van der Waals surface area contributed by atoms with Crippen LogP contribution >= 0.6 is 0 Å². The van der Waals surface area contributed by atoms with E-state index in [1.54, 1.807) is 0 Å². The number of ether oxygens (including phenoxy) is 1. The van der Waals surface area contributed by atoms with Crippen molar-refractivity contribution in [2.75, 3.05) is 6.61 Å². The van der Waals surface area contributed by atoms with E-state index < -0.39 is 0 Å². The summed E-state index contributed by atoms with van der Waals surface area (Å²) < 4.78 is 5.54. The number of amides is 1. The first-order valence-electron chi connectivity index (χ1n) is 7.00. The molecule has 0 spiro atoms. The maximum atomic E-state index is 12.0. The molecule has 6 heteroatoms. The van der Waals surface area contributed by atoms with Crippen LogP contribution in [0.25, 0.3) is 11.0 Å². The van der Waals surface area contributed by atoms with Crippen LogP contribution in [0.1, 0.15) is 12.8 Å². The highest BCUT2D eigenvalue weighted by molar-refractivity contribution is 5.77. The Morgan fingerprint density at radius 3 is 2.80 bits per heavy atom. The summed E-state index contributed by atoms with van der Waals surface area (Å²) >= 11 is 0. The fourth-order valence-electron chi connectivity index (χ4n) is 3.12. The first kappa shape index (κ1) is 11.8. The molecule has 2 fully saturated rings. The van der Waals surface area contributed by atoms with Gasteiger partial charge in [-0.05, 0) is 25.0 Å². The van der Waals surface area contributed by atoms with Gasteiger partial charge in [-0.3, -0.25) is 4.79 Å². The van der Waals surface area contributed by atoms with Crippen molar-refractivity contribution in [1.82, 2.24) is 20.3 Å². The smallest absolute Gasteiger partial charge is 0.243 e. The van der Waals surface area contributed by atoms with E-state index in [4.69, 9.17) is 4.74 Å². The minimum atomic E-state index is -0.0272. The topological polar surface area (TPSA) is 69.0 Å². The maximum absolute atomic E-state index is 12.0. The van der Waals surface area contributed by atoms with Crippen molar-refractivity contribution in [3.63, 3.8) is 0 Å². The largest absolute Gasteiger partial charge is 0.378 e. The molecule has 0 unspecified atom stereocenters. The fraction of sp³-hybridized carbons (Fsp3) is 0.500. The van der Waals surface area contributed by atoms with Crippen LogP contribution < -0.4 is 5.32 Å². The molecule has 1 saturated carbocycles. The Kier molecular flexibility index (Phi) is 2.70. The van der Waals surface area contributed by atoms with Gasteiger partial charge < -0.3 is 10.1 Å². The Hall–Kier alpha value is -1.95. The van der Waals surface area contributed by atoms with E-state index in [0.717, 1.165) is 30.5 Å². The van der Waals surface area contributed by atoms with Crippen molar-refractivity contribution in [3.05, 3.63) is 24.3 Å². The molecule has 1 saturated heterocycles. The van der Waals surface area contributed by atoms with Gasteiger partial charge in [-0.25, -0.2) is 0 Å². The Labute approximate surface area is 116 Å². The average Bonchev–Trinajstić information content (AvgIpc) is 2.98. The molecule has 2 aliphatic rings. The molecule has 104 valence electrons. The number of hydrogen-bond donors (Lipinski definition) is 1. The van der Waals surface area contributed by atoms with Crippen molar-refractivity contribution in [2.24, 2.45) is 5.92 Å². The zero-order chi connectivity index (χ0) is 13.5. The van der Waals surface area contributed by atoms with Crippen LogP contribution in [0.15, 0.2) is 24.3 Å². The molecule has 20 heavy (non-hydrogen) atoms. The number of nitrogens with one attached hydrogen (secondary N) is 1. The summed E-state index contributed by atoms with van der Waals surface area (Å²) in [6.45, 7) is 0.997. The lowest BCUT2D eigenvalue weighted by Gasteiger charge is -2.39. The normalized spacial score (nSPS) is 28.1. The first-order valence-corrected chi connectivity index (χ1v) is 7.00. The Morgan fingerprint density at radius 2 is 2.10 bits per heavy atom. The molecule has 1 aromatic heterocycles. The summed E-state index contributed by atoms with van der Waals surface area (Å²) in [7, 11) is 0. The molecule has 2 heterocycles. The predicted molar refractivity (Wildman–Crippen MR) is 71.9 cm³/mol. The number of carbonyl (C=O) groups excluding carboxylic acids is 1. The van der Waals surface area contributed by atoms with E-state index in [1.807, 2.05) is 24.3 Å². The summed E-state index contributed by atoms with van der Waals surface area (Å²) in [5.74, 6) is 0.476. The molecular weight excluding hydrogens is 256 g/mol. The van der Waals surface area contributed by atoms with Gasteiger partial charge in [0, 0.05) is 18.6 Å². The summed E-state index contributed by atoms with van der Waals surface area (Å²) in [5.41, 5.74) is 1.63. The third-order valence-corrected chi connectivity index (χ3v) is 4.22. The van der Waals surface area contributed by atoms with Gasteiger partial charge in [0.25, 0.3) is 0 Å². The number of nitrogens with zero attached hydrogens (tertiary/aromatic N) is 3. The number of aromatic nitrogens is 3. The summed E-state index contributed by atoms with van der Waals surface area (Å²) in [5, 5.41) is 11.6. The van der Waals surface area contributed by atoms with Gasteiger partial charge in [-0.15, -0.1) is 0 Å². The molecular formula is C14H16N4O2. The molecule has 6 nitrogen and oxygen atoms in total. The van der Waals surface area contributed by atoms with Crippen LogP contribution in [0.2, 0.25) is 0 Å². The van der Waals surface area contributed by atoms with Crippen molar-refractivity contribution < 1.29 is 9.53 Å². The average molecular weight is 272 g/mol. The third kappa shape index (κ3) is 1.96. The minimum absolute atomic E-state index is 0.0272. The molecule has 1 aliphatic heterocycles. The molecule has 1 aliphatic carbocycles. The van der Waals surface area contributed by atoms with Crippen molar-refractivity contribution >= 4 is 16.9 Å². The van der Waals surface area contributed by atoms with E-state index in [2.05, 4.69) is 15.5 Å². The van der Waals surface area contributed by atoms with E-state index >= 15 is 0 Å². The van der Waals surface area contributed by atoms with Crippen LogP contribution in [0.4, 0.5) is 0 Å². The highest BCUT2D eigenvalue weighted by atomic mass is 16.5. The Bertz CT molecular complexity index is 620. The van der Waals surface area contributed by atoms with E-state index in [9.17, 15) is 4.79 Å². The lowest BCUT2D eigenvalue weighted by Crippen LogP contribution is -2.54. The molecule has 0 radical (unpaired) electrons. The maximum Gasteiger partial charge on any atom is 0.243 e. The third-order valence-electron chi connectivity index (χ3n) is 4.22. The van der Waals surface area contributed by atoms with Gasteiger partial charge >= 0.3 is 0 Å². The molecule has 1 aromatic carbocycles. The lowest BCUT2D eigenvalue weighted by molar-refractivity contribution is -0.125. The van der Waals surface area contributed by atoms with Crippen LogP contribution in [0.5, 0.6) is 0 Å². The zero-order valence-electron chi connectivity index (χ0n) is 11.0. The number of rotatable bonds is 3. The van der Waals surface area contributed by atoms with E-state index in [1.165, 1.54) is 4.80 Å². The second-order valence-corrected chi connectivity index (χ2v) is 5.49. The summed E-state index contributed by atoms with van der Waals surface area (Å²) in [4.78, 5) is 13.5. The van der Waals surface area contributed by atoms with E-state index in [0.29, 0.717) is 12.0 Å². The van der Waals surface area contributed by atoms with Crippen molar-refractivity contribution in [1.29, 1.82) is 0 Å². The molecule has 1 amide bonds. The first-order chi connectivity index (χ1) is 9.79. The van der Waals surface area contributed by atoms with E-state index in [-0.39, 0.29) is 18.5 Å². The number of benzene rings is 1. The van der Waals surface area contributed by atoms with Gasteiger partial charge in [0.2, 0.25) is 5.91 Å². The van der Waals surface area contributed by atoms with Gasteiger partial charge in [0.05, 0.1) is 6.10 Å². The monoisotopic (exact) mass is 272 g/mol. The molecule has 4 rings (SSSR count). The number of fused-ring (bicyclic) bond motifs is 2. The Morgan fingerprint density at radius 1 is 1.35 bits per heavy atom. The second kappa shape index (κ2) is 4.56. The highest BCUT2D eigenvalue weighted by Gasteiger charge is 2.45. The molecule has 0 bridgehead atoms. The minimum Gasteiger partial charge on any atom is -0.378 e.